The van der Waals surface area contributed by atoms with E-state index in [1.165, 1.54) is 47.2 Å². The summed E-state index contributed by atoms with van der Waals surface area (Å²) in [5.74, 6) is 1.16. The molecular weight excluding hydrogens is 292 g/mol. The Hall–Kier alpha value is -1.59. The predicted octanol–water partition coefficient (Wildman–Crippen LogP) is 2.98. The van der Waals surface area contributed by atoms with Crippen LogP contribution in [-0.4, -0.2) is 42.1 Å². The van der Waals surface area contributed by atoms with Crippen LogP contribution in [0.5, 0.6) is 0 Å². The third kappa shape index (κ3) is 3.10. The van der Waals surface area contributed by atoms with E-state index >= 15 is 0 Å². The molecule has 4 heterocycles. The van der Waals surface area contributed by atoms with Crippen LogP contribution in [0.4, 0.5) is 5.82 Å². The molecule has 118 valence electrons. The molecule has 0 radical (unpaired) electrons. The number of fused-ring (bicyclic) bond motifs is 1. The van der Waals surface area contributed by atoms with E-state index in [9.17, 15) is 0 Å². The average molecular weight is 316 g/mol. The molecular formula is C17H24N4S. The first-order valence-electron chi connectivity index (χ1n) is 7.90. The van der Waals surface area contributed by atoms with Gasteiger partial charge in [-0.2, -0.15) is 0 Å². The lowest BCUT2D eigenvalue weighted by molar-refractivity contribution is 0.129. The Morgan fingerprint density at radius 1 is 1.36 bits per heavy atom. The number of hydrogen-bond donors (Lipinski definition) is 1. The third-order valence-electron chi connectivity index (χ3n) is 4.39. The van der Waals surface area contributed by atoms with Crippen molar-refractivity contribution >= 4 is 27.4 Å². The summed E-state index contributed by atoms with van der Waals surface area (Å²) in [7, 11) is 0. The molecule has 2 aromatic heterocycles. The second-order valence-electron chi connectivity index (χ2n) is 5.93. The molecule has 2 aliphatic heterocycles. The molecule has 4 rings (SSSR count). The maximum Gasteiger partial charge on any atom is 0.130 e. The van der Waals surface area contributed by atoms with Crippen molar-refractivity contribution in [3.63, 3.8) is 0 Å². The van der Waals surface area contributed by atoms with E-state index in [0.717, 1.165) is 24.9 Å². The SMILES string of the molecule is C=CN.Cc1cc2ccc(N3CCC(N4CCC4)C3)nc2s1. The van der Waals surface area contributed by atoms with Crippen molar-refractivity contribution in [1.82, 2.24) is 9.88 Å². The van der Waals surface area contributed by atoms with Crippen LogP contribution in [0.1, 0.15) is 17.7 Å². The van der Waals surface area contributed by atoms with Gasteiger partial charge in [0.15, 0.2) is 0 Å². The van der Waals surface area contributed by atoms with E-state index < -0.39 is 0 Å². The van der Waals surface area contributed by atoms with E-state index in [4.69, 9.17) is 4.98 Å². The highest BCUT2D eigenvalue weighted by Crippen LogP contribution is 2.29. The number of nitrogens with two attached hydrogens (primary N) is 1. The number of anilines is 1. The lowest BCUT2D eigenvalue weighted by atomic mass is 10.1. The summed E-state index contributed by atoms with van der Waals surface area (Å²) in [5, 5.41) is 1.28. The second-order valence-corrected chi connectivity index (χ2v) is 7.17. The third-order valence-corrected chi connectivity index (χ3v) is 5.35. The van der Waals surface area contributed by atoms with Gasteiger partial charge in [0.2, 0.25) is 0 Å². The van der Waals surface area contributed by atoms with Crippen LogP contribution in [0, 0.1) is 6.92 Å². The topological polar surface area (TPSA) is 45.4 Å². The Balaban J connectivity index is 0.000000446. The van der Waals surface area contributed by atoms with Crippen molar-refractivity contribution < 1.29 is 0 Å². The van der Waals surface area contributed by atoms with E-state index in [1.807, 2.05) is 0 Å². The van der Waals surface area contributed by atoms with E-state index in [1.54, 1.807) is 11.3 Å². The number of nitrogens with zero attached hydrogens (tertiary/aromatic N) is 3. The fourth-order valence-electron chi connectivity index (χ4n) is 3.16. The first-order chi connectivity index (χ1) is 10.7. The average Bonchev–Trinajstić information content (AvgIpc) is 3.02. The molecule has 0 spiro atoms. The van der Waals surface area contributed by atoms with Crippen molar-refractivity contribution in [2.75, 3.05) is 31.1 Å². The van der Waals surface area contributed by atoms with Crippen LogP contribution in [0.2, 0.25) is 0 Å². The molecule has 2 aliphatic rings. The fourth-order valence-corrected chi connectivity index (χ4v) is 4.04. The van der Waals surface area contributed by atoms with Crippen LogP contribution >= 0.6 is 11.3 Å². The lowest BCUT2D eigenvalue weighted by Crippen LogP contribution is -2.46. The highest BCUT2D eigenvalue weighted by Gasteiger charge is 2.31. The molecule has 2 N–H and O–H groups in total. The largest absolute Gasteiger partial charge is 0.405 e. The molecule has 2 aromatic rings. The van der Waals surface area contributed by atoms with Crippen molar-refractivity contribution in [1.29, 1.82) is 0 Å². The van der Waals surface area contributed by atoms with Gasteiger partial charge in [0.05, 0.1) is 0 Å². The molecule has 0 amide bonds. The summed E-state index contributed by atoms with van der Waals surface area (Å²) >= 11 is 1.80. The summed E-state index contributed by atoms with van der Waals surface area (Å²) in [5.41, 5.74) is 4.61. The fraction of sp³-hybridized carbons (Fsp3) is 0.471. The van der Waals surface area contributed by atoms with Crippen molar-refractivity contribution in [3.05, 3.63) is 35.9 Å². The highest BCUT2D eigenvalue weighted by molar-refractivity contribution is 7.18. The first-order valence-corrected chi connectivity index (χ1v) is 8.71. The molecule has 1 atom stereocenters. The molecule has 4 nitrogen and oxygen atoms in total. The van der Waals surface area contributed by atoms with Gasteiger partial charge >= 0.3 is 0 Å². The first kappa shape index (κ1) is 15.3. The van der Waals surface area contributed by atoms with Crippen LogP contribution in [-0.2, 0) is 0 Å². The van der Waals surface area contributed by atoms with Crippen LogP contribution < -0.4 is 10.6 Å². The molecule has 0 aromatic carbocycles. The molecule has 2 fully saturated rings. The maximum atomic E-state index is 4.84. The predicted molar refractivity (Wildman–Crippen MR) is 95.5 cm³/mol. The molecule has 5 heteroatoms. The second kappa shape index (κ2) is 6.67. The zero-order valence-electron chi connectivity index (χ0n) is 13.2. The Labute approximate surface area is 136 Å². The Morgan fingerprint density at radius 3 is 2.82 bits per heavy atom. The van der Waals surface area contributed by atoms with Gasteiger partial charge < -0.3 is 10.6 Å². The zero-order valence-corrected chi connectivity index (χ0v) is 14.0. The monoisotopic (exact) mass is 316 g/mol. The molecule has 0 aliphatic carbocycles. The number of likely N-dealkylation sites (tertiary alicyclic amines) is 1. The number of aromatic nitrogens is 1. The minimum atomic E-state index is 0.760. The number of rotatable bonds is 2. The Bertz CT molecular complexity index is 647. The van der Waals surface area contributed by atoms with Gasteiger partial charge in [0, 0.05) is 29.4 Å². The van der Waals surface area contributed by atoms with Crippen LogP contribution in [0.15, 0.2) is 31.0 Å². The van der Waals surface area contributed by atoms with Gasteiger partial charge in [-0.25, -0.2) is 4.98 Å². The van der Waals surface area contributed by atoms with Crippen molar-refractivity contribution in [2.24, 2.45) is 5.73 Å². The lowest BCUT2D eigenvalue weighted by Gasteiger charge is -2.36. The number of hydrogen-bond acceptors (Lipinski definition) is 5. The minimum absolute atomic E-state index is 0.760. The summed E-state index contributed by atoms with van der Waals surface area (Å²) in [6, 6.07) is 7.39. The minimum Gasteiger partial charge on any atom is -0.405 e. The molecule has 0 saturated carbocycles. The van der Waals surface area contributed by atoms with Crippen molar-refractivity contribution in [3.8, 4) is 0 Å². The van der Waals surface area contributed by atoms with Gasteiger partial charge in [0.25, 0.3) is 0 Å². The molecule has 2 saturated heterocycles. The van der Waals surface area contributed by atoms with Gasteiger partial charge in [-0.3, -0.25) is 4.90 Å². The van der Waals surface area contributed by atoms with E-state index in [2.05, 4.69) is 47.2 Å². The summed E-state index contributed by atoms with van der Waals surface area (Å²) in [4.78, 5) is 12.4. The van der Waals surface area contributed by atoms with Gasteiger partial charge in [0.1, 0.15) is 10.6 Å². The quantitative estimate of drug-likeness (QED) is 0.925. The van der Waals surface area contributed by atoms with Gasteiger partial charge in [-0.1, -0.05) is 6.58 Å². The molecule has 0 bridgehead atoms. The van der Waals surface area contributed by atoms with Gasteiger partial charge in [-0.15, -0.1) is 11.3 Å². The van der Waals surface area contributed by atoms with Crippen LogP contribution in [0.3, 0.4) is 0 Å². The molecule has 22 heavy (non-hydrogen) atoms. The number of thiophene rings is 1. The summed E-state index contributed by atoms with van der Waals surface area (Å²) in [6.07, 6.45) is 3.93. The normalized spacial score (nSPS) is 21.3. The maximum absolute atomic E-state index is 4.84. The van der Waals surface area contributed by atoms with E-state index in [-0.39, 0.29) is 0 Å². The van der Waals surface area contributed by atoms with E-state index in [0.29, 0.717) is 0 Å². The van der Waals surface area contributed by atoms with Gasteiger partial charge in [-0.05, 0) is 57.3 Å². The smallest absolute Gasteiger partial charge is 0.130 e. The summed E-state index contributed by atoms with van der Waals surface area (Å²) < 4.78 is 0. The Morgan fingerprint density at radius 2 is 2.14 bits per heavy atom. The standard InChI is InChI=1S/C15H19N3S.C2H5N/c1-11-9-12-3-4-14(16-15(12)19-11)18-8-5-13(10-18)17-6-2-7-17;1-2-3/h3-4,9,13H,2,5-8,10H2,1H3;2H,1,3H2. The molecule has 1 unspecified atom stereocenters. The zero-order chi connectivity index (χ0) is 15.5. The highest BCUT2D eigenvalue weighted by atomic mass is 32.1. The van der Waals surface area contributed by atoms with Crippen LogP contribution in [0.25, 0.3) is 10.2 Å². The Kier molecular flexibility index (Phi) is 4.64. The number of aryl methyl sites for hydroxylation is 1. The summed E-state index contributed by atoms with van der Waals surface area (Å²) in [6.45, 7) is 10.2. The van der Waals surface area contributed by atoms with Crippen molar-refractivity contribution in [2.45, 2.75) is 25.8 Å². The number of pyridine rings is 1.